The number of fused-ring (bicyclic) bond motifs is 5. The second-order valence-electron chi connectivity index (χ2n) is 23.0. The Bertz CT molecular complexity index is 3720. The third kappa shape index (κ3) is 11.5. The molecule has 0 heterocycles. The van der Waals surface area contributed by atoms with E-state index in [0.717, 1.165) is 25.7 Å². The van der Waals surface area contributed by atoms with E-state index in [1.54, 1.807) is 11.1 Å². The first kappa shape index (κ1) is 55.2. The molecule has 8 aromatic carbocycles. The molecule has 0 saturated heterocycles. The van der Waals surface area contributed by atoms with Gasteiger partial charge in [-0.25, -0.2) is 0 Å². The second-order valence-corrected chi connectivity index (χ2v) is 23.0. The molecule has 0 nitrogen and oxygen atoms in total. The zero-order valence-corrected chi connectivity index (χ0v) is 48.8. The predicted octanol–water partition coefficient (Wildman–Crippen LogP) is 19.8. The normalized spacial score (nSPS) is 16.4. The SMILES string of the molecule is C/C=c1/cccc/c1=C/Cc1ccc(C)cc1.CC.CC1=C(c2ccc(-c3cccc(-c4cccc(Cc5ccc6c(c5)C(C)(C)c5ccccc5-6)c4)c3)cc2C)C=CCC1.Cc1cccc2c1C1=C(C=CCC1C)C2(C)C. The van der Waals surface area contributed by atoms with Gasteiger partial charge in [-0.3, -0.25) is 0 Å². The van der Waals surface area contributed by atoms with Gasteiger partial charge in [-0.2, -0.15) is 0 Å². The van der Waals surface area contributed by atoms with Gasteiger partial charge in [0.1, 0.15) is 0 Å². The molecule has 1 atom stereocenters. The third-order valence-electron chi connectivity index (χ3n) is 16.9. The van der Waals surface area contributed by atoms with Crippen molar-refractivity contribution in [1.29, 1.82) is 0 Å². The number of benzene rings is 8. The van der Waals surface area contributed by atoms with Gasteiger partial charge in [0.25, 0.3) is 0 Å². The van der Waals surface area contributed by atoms with E-state index < -0.39 is 0 Å². The van der Waals surface area contributed by atoms with Gasteiger partial charge in [0.05, 0.1) is 0 Å². The average Bonchev–Trinajstić information content (AvgIpc) is 4.09. The minimum atomic E-state index is 0.0314. The lowest BCUT2D eigenvalue weighted by Gasteiger charge is -2.25. The van der Waals surface area contributed by atoms with Gasteiger partial charge in [0.15, 0.2) is 0 Å². The molecule has 0 aromatic heterocycles. The molecule has 12 rings (SSSR count). The fourth-order valence-electron chi connectivity index (χ4n) is 12.5. The molecule has 0 bridgehead atoms. The van der Waals surface area contributed by atoms with Crippen LogP contribution in [-0.4, -0.2) is 0 Å². The maximum atomic E-state index is 2.44. The molecular weight excluding hydrogens is 937 g/mol. The van der Waals surface area contributed by atoms with Crippen molar-refractivity contribution in [3.05, 3.63) is 283 Å². The highest BCUT2D eigenvalue weighted by Crippen LogP contribution is 2.53. The van der Waals surface area contributed by atoms with Gasteiger partial charge in [-0.1, -0.05) is 266 Å². The Labute approximate surface area is 469 Å². The van der Waals surface area contributed by atoms with Crippen LogP contribution in [0.4, 0.5) is 0 Å². The number of allylic oxidation sites excluding steroid dienone is 8. The first-order chi connectivity index (χ1) is 37.7. The van der Waals surface area contributed by atoms with Crippen molar-refractivity contribution in [2.45, 2.75) is 126 Å². The molecule has 0 spiro atoms. The standard InChI is InChI=1S/C42H38.C17H20.C17H18.C2H6/c1-28-11-5-6-16-36(28)37-22-20-35(23-29(37)2)34-15-10-14-33(27-34)32-13-9-12-30(25-32)24-31-19-21-39-38-17-7-8-18-40(38)42(3,4)41(39)26-31;1-11-7-5-9-13-15(11)16-12(2)8-6-10-14(16)17(13,3)4;1-3-16-6-4-5-7-17(16)13-12-15-10-8-14(2)9-11-15;1-2/h6-10,12-23,25-27H,5,11,24H2,1-4H3;5-7,9-10,12H,8H2,1-4H3;3-11,13H,12H2,1-2H3;1-2H3/b;;16-3-,17-13-;. The number of hydrogen-bond donors (Lipinski definition) is 0. The van der Waals surface area contributed by atoms with Crippen molar-refractivity contribution in [2.24, 2.45) is 5.92 Å². The number of rotatable bonds is 7. The lowest BCUT2D eigenvalue weighted by Crippen LogP contribution is -2.23. The maximum Gasteiger partial charge on any atom is 0.0158 e. The molecule has 0 amide bonds. The Morgan fingerprint density at radius 3 is 1.85 bits per heavy atom. The Morgan fingerprint density at radius 2 is 1.12 bits per heavy atom. The highest BCUT2D eigenvalue weighted by Gasteiger charge is 2.39. The average molecular weight is 1020 g/mol. The summed E-state index contributed by atoms with van der Waals surface area (Å²) in [7, 11) is 0. The van der Waals surface area contributed by atoms with E-state index >= 15 is 0 Å². The van der Waals surface area contributed by atoms with Crippen molar-refractivity contribution in [3.8, 4) is 33.4 Å². The topological polar surface area (TPSA) is 0 Å². The predicted molar refractivity (Wildman–Crippen MR) is 340 cm³/mol. The summed E-state index contributed by atoms with van der Waals surface area (Å²) >= 11 is 0. The molecule has 0 radical (unpaired) electrons. The summed E-state index contributed by atoms with van der Waals surface area (Å²) in [5, 5.41) is 2.62. The summed E-state index contributed by atoms with van der Waals surface area (Å²) in [6.45, 7) is 26.7. The number of aryl methyl sites for hydroxylation is 3. The van der Waals surface area contributed by atoms with Crippen LogP contribution < -0.4 is 10.4 Å². The van der Waals surface area contributed by atoms with E-state index in [4.69, 9.17) is 0 Å². The van der Waals surface area contributed by atoms with Crippen LogP contribution in [0.1, 0.15) is 143 Å². The summed E-state index contributed by atoms with van der Waals surface area (Å²) in [6.07, 6.45) is 19.2. The molecule has 0 N–H and O–H groups in total. The molecule has 78 heavy (non-hydrogen) atoms. The van der Waals surface area contributed by atoms with Gasteiger partial charge >= 0.3 is 0 Å². The van der Waals surface area contributed by atoms with Crippen molar-refractivity contribution < 1.29 is 0 Å². The smallest absolute Gasteiger partial charge is 0.0158 e. The molecular formula is C78H82. The minimum Gasteiger partial charge on any atom is -0.0836 e. The highest BCUT2D eigenvalue weighted by molar-refractivity contribution is 5.86. The van der Waals surface area contributed by atoms with Crippen molar-refractivity contribution in [1.82, 2.24) is 0 Å². The van der Waals surface area contributed by atoms with Crippen LogP contribution >= 0.6 is 0 Å². The van der Waals surface area contributed by atoms with E-state index in [9.17, 15) is 0 Å². The summed E-state index contributed by atoms with van der Waals surface area (Å²) in [5.74, 6) is 0.664. The first-order valence-electron chi connectivity index (χ1n) is 28.9. The Hall–Kier alpha value is -7.54. The zero-order chi connectivity index (χ0) is 55.1. The van der Waals surface area contributed by atoms with Crippen LogP contribution in [0, 0.1) is 26.7 Å². The zero-order valence-electron chi connectivity index (χ0n) is 48.8. The van der Waals surface area contributed by atoms with Crippen LogP contribution in [-0.2, 0) is 23.7 Å². The maximum absolute atomic E-state index is 2.44. The summed E-state index contributed by atoms with van der Waals surface area (Å²) < 4.78 is 0. The minimum absolute atomic E-state index is 0.0314. The first-order valence-corrected chi connectivity index (χ1v) is 28.9. The van der Waals surface area contributed by atoms with Crippen LogP contribution in [0.3, 0.4) is 0 Å². The summed E-state index contributed by atoms with van der Waals surface area (Å²) in [5.41, 5.74) is 29.5. The molecule has 4 aliphatic rings. The van der Waals surface area contributed by atoms with Gasteiger partial charge in [0, 0.05) is 10.8 Å². The van der Waals surface area contributed by atoms with Gasteiger partial charge in [0.2, 0.25) is 0 Å². The van der Waals surface area contributed by atoms with Crippen molar-refractivity contribution in [3.63, 3.8) is 0 Å². The molecule has 0 aliphatic heterocycles. The molecule has 8 aromatic rings. The van der Waals surface area contributed by atoms with Crippen LogP contribution in [0.25, 0.3) is 56.7 Å². The van der Waals surface area contributed by atoms with Crippen molar-refractivity contribution >= 4 is 23.3 Å². The van der Waals surface area contributed by atoms with E-state index in [2.05, 4.69) is 282 Å². The fourth-order valence-corrected chi connectivity index (χ4v) is 12.5. The Balaban J connectivity index is 0.000000168. The fraction of sp³-hybridized carbons (Fsp3) is 0.256. The molecule has 1 unspecified atom stereocenters. The van der Waals surface area contributed by atoms with E-state index in [1.807, 2.05) is 13.8 Å². The number of hydrogen-bond acceptors (Lipinski definition) is 0. The second kappa shape index (κ2) is 24.0. The van der Waals surface area contributed by atoms with E-state index in [0.29, 0.717) is 5.92 Å². The van der Waals surface area contributed by atoms with Gasteiger partial charge in [-0.15, -0.1) is 0 Å². The molecule has 0 heteroatoms. The monoisotopic (exact) mass is 1020 g/mol. The van der Waals surface area contributed by atoms with Crippen LogP contribution in [0.2, 0.25) is 0 Å². The third-order valence-corrected chi connectivity index (χ3v) is 16.9. The molecule has 0 saturated carbocycles. The quantitative estimate of drug-likeness (QED) is 0.149. The lowest BCUT2D eigenvalue weighted by molar-refractivity contribution is 0.643. The van der Waals surface area contributed by atoms with Crippen LogP contribution in [0.15, 0.2) is 211 Å². The van der Waals surface area contributed by atoms with E-state index in [1.165, 1.54) is 123 Å². The largest absolute Gasteiger partial charge is 0.0836 e. The summed E-state index contributed by atoms with van der Waals surface area (Å²) in [6, 6.07) is 65.0. The highest BCUT2D eigenvalue weighted by atomic mass is 14.4. The van der Waals surface area contributed by atoms with Gasteiger partial charge in [-0.05, 0) is 195 Å². The Kier molecular flexibility index (Phi) is 17.0. The lowest BCUT2D eigenvalue weighted by atomic mass is 9.79. The molecule has 0 fully saturated rings. The van der Waals surface area contributed by atoms with Crippen LogP contribution in [0.5, 0.6) is 0 Å². The Morgan fingerprint density at radius 1 is 0.500 bits per heavy atom. The van der Waals surface area contributed by atoms with Gasteiger partial charge < -0.3 is 0 Å². The van der Waals surface area contributed by atoms with Crippen molar-refractivity contribution in [2.75, 3.05) is 0 Å². The summed E-state index contributed by atoms with van der Waals surface area (Å²) in [4.78, 5) is 0. The molecule has 394 valence electrons. The van der Waals surface area contributed by atoms with E-state index in [-0.39, 0.29) is 10.8 Å². The molecule has 4 aliphatic carbocycles.